The smallest absolute Gasteiger partial charge is 0.305 e. The molecule has 0 saturated heterocycles. The zero-order chi connectivity index (χ0) is 17.9. The molecule has 0 aliphatic heterocycles. The molecular formula is C21H34O3. The van der Waals surface area contributed by atoms with Gasteiger partial charge in [0.25, 0.3) is 0 Å². The van der Waals surface area contributed by atoms with E-state index in [-0.39, 0.29) is 5.97 Å². The molecule has 1 unspecified atom stereocenters. The van der Waals surface area contributed by atoms with Crippen molar-refractivity contribution in [3.8, 4) is 11.8 Å². The van der Waals surface area contributed by atoms with Gasteiger partial charge in [-0.05, 0) is 57.4 Å². The van der Waals surface area contributed by atoms with Gasteiger partial charge in [0.05, 0.1) is 7.11 Å². The zero-order valence-corrected chi connectivity index (χ0v) is 15.4. The third kappa shape index (κ3) is 16.8. The van der Waals surface area contributed by atoms with Crippen LogP contribution in [-0.4, -0.2) is 24.3 Å². The van der Waals surface area contributed by atoms with Crippen LogP contribution in [0.3, 0.4) is 0 Å². The topological polar surface area (TPSA) is 46.5 Å². The first-order valence-electron chi connectivity index (χ1n) is 9.26. The molecule has 0 amide bonds. The minimum absolute atomic E-state index is 0.133. The Morgan fingerprint density at radius 2 is 1.71 bits per heavy atom. The molecule has 0 bridgehead atoms. The zero-order valence-electron chi connectivity index (χ0n) is 15.4. The number of aliphatic hydroxyl groups is 1. The standard InChI is InChI=1S/C21H34O3/c1-3-4-14-17-20(22)18-15-12-10-8-6-5-7-9-11-13-16-19-21(23)24-2/h9-12,20,22H,3-8,13-14,16-17,19H2,1-2H3/b11-9+,12-10+. The van der Waals surface area contributed by atoms with Gasteiger partial charge in [-0.15, -0.1) is 0 Å². The molecule has 0 saturated carbocycles. The molecular weight excluding hydrogens is 300 g/mol. The maximum atomic E-state index is 10.9. The second-order valence-electron chi connectivity index (χ2n) is 5.93. The van der Waals surface area contributed by atoms with Crippen molar-refractivity contribution in [2.45, 2.75) is 83.7 Å². The molecule has 1 atom stereocenters. The maximum Gasteiger partial charge on any atom is 0.305 e. The summed E-state index contributed by atoms with van der Waals surface area (Å²) >= 11 is 0. The van der Waals surface area contributed by atoms with Crippen molar-refractivity contribution in [2.24, 2.45) is 0 Å². The minimum Gasteiger partial charge on any atom is -0.469 e. The number of methoxy groups -OCH3 is 1. The maximum absolute atomic E-state index is 10.9. The van der Waals surface area contributed by atoms with E-state index in [4.69, 9.17) is 0 Å². The highest BCUT2D eigenvalue weighted by molar-refractivity contribution is 5.69. The minimum atomic E-state index is -0.481. The van der Waals surface area contributed by atoms with Gasteiger partial charge in [-0.3, -0.25) is 4.79 Å². The van der Waals surface area contributed by atoms with Crippen LogP contribution in [0.25, 0.3) is 0 Å². The summed E-state index contributed by atoms with van der Waals surface area (Å²) in [6, 6.07) is 0. The molecule has 0 aliphatic rings. The summed E-state index contributed by atoms with van der Waals surface area (Å²) in [6.07, 6.45) is 18.6. The fourth-order valence-electron chi connectivity index (χ4n) is 2.17. The van der Waals surface area contributed by atoms with Crippen LogP contribution < -0.4 is 0 Å². The van der Waals surface area contributed by atoms with Crippen LogP contribution in [-0.2, 0) is 9.53 Å². The molecule has 0 aromatic carbocycles. The molecule has 136 valence electrons. The second-order valence-corrected chi connectivity index (χ2v) is 5.93. The monoisotopic (exact) mass is 334 g/mol. The number of allylic oxidation sites excluding steroid dienone is 4. The van der Waals surface area contributed by atoms with E-state index >= 15 is 0 Å². The molecule has 0 radical (unpaired) electrons. The molecule has 0 aliphatic carbocycles. The third-order valence-electron chi connectivity index (χ3n) is 3.67. The van der Waals surface area contributed by atoms with Gasteiger partial charge in [0, 0.05) is 6.42 Å². The summed E-state index contributed by atoms with van der Waals surface area (Å²) in [4.78, 5) is 10.9. The van der Waals surface area contributed by atoms with Crippen molar-refractivity contribution in [1.82, 2.24) is 0 Å². The fourth-order valence-corrected chi connectivity index (χ4v) is 2.17. The molecule has 0 aromatic rings. The lowest BCUT2D eigenvalue weighted by molar-refractivity contribution is -0.140. The van der Waals surface area contributed by atoms with Crippen LogP contribution in [0.15, 0.2) is 24.3 Å². The number of rotatable bonds is 13. The highest BCUT2D eigenvalue weighted by Crippen LogP contribution is 2.04. The number of hydrogen-bond acceptors (Lipinski definition) is 3. The molecule has 0 aromatic heterocycles. The highest BCUT2D eigenvalue weighted by atomic mass is 16.5. The van der Waals surface area contributed by atoms with Crippen molar-refractivity contribution in [3.05, 3.63) is 24.3 Å². The Hall–Kier alpha value is -1.53. The molecule has 0 rings (SSSR count). The SMILES string of the molecule is CCCCCC(O)C#C/C=C/CCCC/C=C/CCCC(=O)OC. The van der Waals surface area contributed by atoms with E-state index in [1.165, 1.54) is 13.5 Å². The number of hydrogen-bond donors (Lipinski definition) is 1. The largest absolute Gasteiger partial charge is 0.469 e. The van der Waals surface area contributed by atoms with Gasteiger partial charge < -0.3 is 9.84 Å². The van der Waals surface area contributed by atoms with E-state index in [1.807, 2.05) is 6.08 Å². The van der Waals surface area contributed by atoms with Gasteiger partial charge in [-0.1, -0.05) is 49.8 Å². The van der Waals surface area contributed by atoms with Gasteiger partial charge in [0.2, 0.25) is 0 Å². The predicted molar refractivity (Wildman–Crippen MR) is 101 cm³/mol. The summed E-state index contributed by atoms with van der Waals surface area (Å²) in [6.45, 7) is 2.15. The van der Waals surface area contributed by atoms with E-state index in [1.54, 1.807) is 0 Å². The number of aliphatic hydroxyl groups excluding tert-OH is 1. The molecule has 3 nitrogen and oxygen atoms in total. The number of unbranched alkanes of at least 4 members (excludes halogenated alkanes) is 6. The molecule has 0 heterocycles. The summed E-state index contributed by atoms with van der Waals surface area (Å²) in [5, 5.41) is 9.64. The Morgan fingerprint density at radius 1 is 1.04 bits per heavy atom. The van der Waals surface area contributed by atoms with Crippen LogP contribution in [0.2, 0.25) is 0 Å². The second kappa shape index (κ2) is 17.8. The summed E-state index contributed by atoms with van der Waals surface area (Å²) in [5.74, 6) is 5.65. The Kier molecular flexibility index (Phi) is 16.7. The summed E-state index contributed by atoms with van der Waals surface area (Å²) < 4.78 is 4.59. The Bertz CT molecular complexity index is 413. The Morgan fingerprint density at radius 3 is 2.38 bits per heavy atom. The van der Waals surface area contributed by atoms with Crippen LogP contribution in [0, 0.1) is 11.8 Å². The molecule has 1 N–H and O–H groups in total. The molecule has 0 spiro atoms. The number of carbonyl (C=O) groups excluding carboxylic acids is 1. The molecule has 3 heteroatoms. The van der Waals surface area contributed by atoms with E-state index in [0.29, 0.717) is 6.42 Å². The average Bonchev–Trinajstić information content (AvgIpc) is 2.58. The van der Waals surface area contributed by atoms with Crippen molar-refractivity contribution in [3.63, 3.8) is 0 Å². The van der Waals surface area contributed by atoms with Crippen LogP contribution >= 0.6 is 0 Å². The van der Waals surface area contributed by atoms with Crippen molar-refractivity contribution in [2.75, 3.05) is 7.11 Å². The molecule has 24 heavy (non-hydrogen) atoms. The highest BCUT2D eigenvalue weighted by Gasteiger charge is 1.97. The van der Waals surface area contributed by atoms with E-state index in [9.17, 15) is 9.90 Å². The number of carbonyl (C=O) groups is 1. The van der Waals surface area contributed by atoms with E-state index < -0.39 is 6.10 Å². The van der Waals surface area contributed by atoms with Gasteiger partial charge in [-0.2, -0.15) is 0 Å². The fraction of sp³-hybridized carbons (Fsp3) is 0.667. The van der Waals surface area contributed by atoms with Crippen LogP contribution in [0.1, 0.15) is 77.6 Å². The quantitative estimate of drug-likeness (QED) is 0.224. The van der Waals surface area contributed by atoms with Gasteiger partial charge in [-0.25, -0.2) is 0 Å². The average molecular weight is 335 g/mol. The van der Waals surface area contributed by atoms with Gasteiger partial charge >= 0.3 is 5.97 Å². The predicted octanol–water partition coefficient (Wildman–Crippen LogP) is 4.95. The lowest BCUT2D eigenvalue weighted by Crippen LogP contribution is -2.01. The normalized spacial score (nSPS) is 12.3. The first-order chi connectivity index (χ1) is 11.7. The Labute approximate surface area is 148 Å². The van der Waals surface area contributed by atoms with E-state index in [2.05, 4.69) is 41.7 Å². The van der Waals surface area contributed by atoms with Crippen molar-refractivity contribution in [1.29, 1.82) is 0 Å². The van der Waals surface area contributed by atoms with E-state index in [0.717, 1.165) is 57.8 Å². The Balaban J connectivity index is 3.48. The van der Waals surface area contributed by atoms with Crippen LogP contribution in [0.4, 0.5) is 0 Å². The van der Waals surface area contributed by atoms with Crippen molar-refractivity contribution < 1.29 is 14.6 Å². The first kappa shape index (κ1) is 22.5. The lowest BCUT2D eigenvalue weighted by atomic mass is 10.1. The number of esters is 1. The van der Waals surface area contributed by atoms with Gasteiger partial charge in [0.15, 0.2) is 0 Å². The lowest BCUT2D eigenvalue weighted by Gasteiger charge is -2.00. The first-order valence-corrected chi connectivity index (χ1v) is 9.26. The number of ether oxygens (including phenoxy) is 1. The van der Waals surface area contributed by atoms with Crippen LogP contribution in [0.5, 0.6) is 0 Å². The summed E-state index contributed by atoms with van der Waals surface area (Å²) in [5.41, 5.74) is 0. The third-order valence-corrected chi connectivity index (χ3v) is 3.67. The van der Waals surface area contributed by atoms with Crippen molar-refractivity contribution >= 4 is 5.97 Å². The molecule has 0 fully saturated rings. The van der Waals surface area contributed by atoms with Gasteiger partial charge in [0.1, 0.15) is 6.10 Å². The summed E-state index contributed by atoms with van der Waals surface area (Å²) in [7, 11) is 1.42.